The Balaban J connectivity index is 1.82. The molecule has 7 nitrogen and oxygen atoms in total. The van der Waals surface area contributed by atoms with Crippen molar-refractivity contribution < 1.29 is 13.2 Å². The number of carbonyl (C=O) groups is 1. The number of benzene rings is 1. The standard InChI is InChI=1S/C16H19ClN4O3S/c1-2-21-15(8-9-18-21)20-10-4-7-14(16(20)22)19-25(23,24)13-6-3-5-12(17)11-13/h3,5-6,8-9,11,14,19H,2,4,7,10H2,1H3. The van der Waals surface area contributed by atoms with E-state index in [0.717, 1.165) is 0 Å². The summed E-state index contributed by atoms with van der Waals surface area (Å²) < 4.78 is 29.3. The molecule has 0 bridgehead atoms. The predicted octanol–water partition coefficient (Wildman–Crippen LogP) is 2.03. The van der Waals surface area contributed by atoms with Gasteiger partial charge in [0.25, 0.3) is 0 Å². The Kier molecular flexibility index (Phi) is 5.12. The van der Waals surface area contributed by atoms with E-state index >= 15 is 0 Å². The van der Waals surface area contributed by atoms with Gasteiger partial charge in [0.05, 0.1) is 11.1 Å². The molecule has 1 atom stereocenters. The zero-order valence-electron chi connectivity index (χ0n) is 13.7. The summed E-state index contributed by atoms with van der Waals surface area (Å²) in [6.45, 7) is 3.11. The van der Waals surface area contributed by atoms with Crippen LogP contribution in [-0.2, 0) is 21.4 Å². The highest BCUT2D eigenvalue weighted by molar-refractivity contribution is 7.89. The lowest BCUT2D eigenvalue weighted by atomic mass is 10.1. The van der Waals surface area contributed by atoms with Crippen LogP contribution in [0.2, 0.25) is 5.02 Å². The fourth-order valence-electron chi connectivity index (χ4n) is 2.90. The molecule has 1 fully saturated rings. The first kappa shape index (κ1) is 17.9. The summed E-state index contributed by atoms with van der Waals surface area (Å²) in [7, 11) is -3.83. The van der Waals surface area contributed by atoms with Gasteiger partial charge in [-0.15, -0.1) is 0 Å². The van der Waals surface area contributed by atoms with Gasteiger partial charge in [0.15, 0.2) is 0 Å². The van der Waals surface area contributed by atoms with E-state index in [0.29, 0.717) is 36.8 Å². The average molecular weight is 383 g/mol. The van der Waals surface area contributed by atoms with Crippen LogP contribution in [0, 0.1) is 0 Å². The Morgan fingerprint density at radius 1 is 1.36 bits per heavy atom. The molecule has 1 saturated heterocycles. The van der Waals surface area contributed by atoms with Crippen LogP contribution in [-0.4, -0.2) is 36.7 Å². The van der Waals surface area contributed by atoms with Gasteiger partial charge in [-0.2, -0.15) is 9.82 Å². The third-order valence-electron chi connectivity index (χ3n) is 4.11. The van der Waals surface area contributed by atoms with Crippen LogP contribution in [0.3, 0.4) is 0 Å². The number of anilines is 1. The lowest BCUT2D eigenvalue weighted by molar-refractivity contribution is -0.121. The maximum absolute atomic E-state index is 12.8. The molecule has 1 amide bonds. The molecule has 0 saturated carbocycles. The highest BCUT2D eigenvalue weighted by Crippen LogP contribution is 2.23. The van der Waals surface area contributed by atoms with Crippen molar-refractivity contribution in [3.8, 4) is 0 Å². The third kappa shape index (κ3) is 3.70. The van der Waals surface area contributed by atoms with Crippen molar-refractivity contribution in [3.05, 3.63) is 41.6 Å². The van der Waals surface area contributed by atoms with Gasteiger partial charge in [-0.05, 0) is 38.0 Å². The summed E-state index contributed by atoms with van der Waals surface area (Å²) >= 11 is 5.87. The summed E-state index contributed by atoms with van der Waals surface area (Å²) in [5, 5.41) is 4.50. The minimum atomic E-state index is -3.83. The molecule has 1 aliphatic heterocycles. The van der Waals surface area contributed by atoms with Crippen molar-refractivity contribution >= 4 is 33.3 Å². The summed E-state index contributed by atoms with van der Waals surface area (Å²) in [6.07, 6.45) is 2.78. The minimum absolute atomic E-state index is 0.0449. The van der Waals surface area contributed by atoms with E-state index < -0.39 is 16.1 Å². The molecule has 1 aromatic heterocycles. The molecule has 134 valence electrons. The molecule has 25 heavy (non-hydrogen) atoms. The smallest absolute Gasteiger partial charge is 0.246 e. The molecule has 3 rings (SSSR count). The van der Waals surface area contributed by atoms with Crippen molar-refractivity contribution in [2.45, 2.75) is 37.2 Å². The second-order valence-electron chi connectivity index (χ2n) is 5.77. The number of sulfonamides is 1. The second-order valence-corrected chi connectivity index (χ2v) is 7.92. The molecular formula is C16H19ClN4O3S. The Bertz CT molecular complexity index is 881. The first-order valence-corrected chi connectivity index (χ1v) is 9.89. The lowest BCUT2D eigenvalue weighted by Crippen LogP contribution is -2.52. The number of halogens is 1. The van der Waals surface area contributed by atoms with Crippen LogP contribution >= 0.6 is 11.6 Å². The largest absolute Gasteiger partial charge is 0.296 e. The lowest BCUT2D eigenvalue weighted by Gasteiger charge is -2.32. The number of nitrogens with one attached hydrogen (secondary N) is 1. The normalized spacial score (nSPS) is 18.6. The number of piperidine rings is 1. The number of amides is 1. The number of aryl methyl sites for hydroxylation is 1. The Labute approximate surface area is 151 Å². The summed E-state index contributed by atoms with van der Waals surface area (Å²) in [4.78, 5) is 14.4. The molecule has 1 N–H and O–H groups in total. The Hall–Kier alpha value is -1.90. The van der Waals surface area contributed by atoms with Gasteiger partial charge in [-0.3, -0.25) is 9.69 Å². The second kappa shape index (κ2) is 7.15. The summed E-state index contributed by atoms with van der Waals surface area (Å²) in [6, 6.07) is 6.92. The van der Waals surface area contributed by atoms with Crippen molar-refractivity contribution in [3.63, 3.8) is 0 Å². The van der Waals surface area contributed by atoms with Gasteiger partial charge in [0.2, 0.25) is 15.9 Å². The van der Waals surface area contributed by atoms with E-state index in [1.54, 1.807) is 34.0 Å². The van der Waals surface area contributed by atoms with E-state index in [-0.39, 0.29) is 10.8 Å². The SMILES string of the molecule is CCn1nccc1N1CCCC(NS(=O)(=O)c2cccc(Cl)c2)C1=O. The Morgan fingerprint density at radius 2 is 2.16 bits per heavy atom. The fourth-order valence-corrected chi connectivity index (χ4v) is 4.42. The van der Waals surface area contributed by atoms with Crippen molar-refractivity contribution in [1.29, 1.82) is 0 Å². The first-order chi connectivity index (χ1) is 11.9. The first-order valence-electron chi connectivity index (χ1n) is 8.03. The van der Waals surface area contributed by atoms with Crippen LogP contribution in [0.5, 0.6) is 0 Å². The topological polar surface area (TPSA) is 84.3 Å². The van der Waals surface area contributed by atoms with Crippen molar-refractivity contribution in [1.82, 2.24) is 14.5 Å². The number of nitrogens with zero attached hydrogens (tertiary/aromatic N) is 3. The predicted molar refractivity (Wildman–Crippen MR) is 95.0 cm³/mol. The Morgan fingerprint density at radius 3 is 2.88 bits per heavy atom. The van der Waals surface area contributed by atoms with Crippen molar-refractivity contribution in [2.75, 3.05) is 11.4 Å². The van der Waals surface area contributed by atoms with Crippen LogP contribution in [0.1, 0.15) is 19.8 Å². The van der Waals surface area contributed by atoms with E-state index in [2.05, 4.69) is 9.82 Å². The number of carbonyl (C=O) groups excluding carboxylic acids is 1. The zero-order valence-corrected chi connectivity index (χ0v) is 15.3. The highest BCUT2D eigenvalue weighted by atomic mass is 35.5. The monoisotopic (exact) mass is 382 g/mol. The fraction of sp³-hybridized carbons (Fsp3) is 0.375. The van der Waals surface area contributed by atoms with Crippen LogP contribution in [0.4, 0.5) is 5.82 Å². The summed E-state index contributed by atoms with van der Waals surface area (Å²) in [5.74, 6) is 0.409. The number of hydrogen-bond donors (Lipinski definition) is 1. The molecule has 1 unspecified atom stereocenters. The third-order valence-corrected chi connectivity index (χ3v) is 5.82. The molecule has 0 aliphatic carbocycles. The van der Waals surface area contributed by atoms with E-state index in [4.69, 9.17) is 11.6 Å². The van der Waals surface area contributed by atoms with Crippen LogP contribution < -0.4 is 9.62 Å². The van der Waals surface area contributed by atoms with Gasteiger partial charge in [-0.1, -0.05) is 17.7 Å². The zero-order chi connectivity index (χ0) is 18.0. The van der Waals surface area contributed by atoms with Gasteiger partial charge in [0.1, 0.15) is 11.9 Å². The molecule has 2 heterocycles. The van der Waals surface area contributed by atoms with E-state index in [1.165, 1.54) is 12.1 Å². The highest BCUT2D eigenvalue weighted by Gasteiger charge is 2.34. The van der Waals surface area contributed by atoms with Crippen molar-refractivity contribution in [2.24, 2.45) is 0 Å². The number of aromatic nitrogens is 2. The molecule has 2 aromatic rings. The maximum Gasteiger partial charge on any atom is 0.246 e. The van der Waals surface area contributed by atoms with Gasteiger partial charge in [0, 0.05) is 24.2 Å². The van der Waals surface area contributed by atoms with Gasteiger partial charge >= 0.3 is 0 Å². The minimum Gasteiger partial charge on any atom is -0.296 e. The molecule has 0 spiro atoms. The number of rotatable bonds is 5. The van der Waals surface area contributed by atoms with Gasteiger partial charge < -0.3 is 0 Å². The van der Waals surface area contributed by atoms with Crippen LogP contribution in [0.15, 0.2) is 41.4 Å². The molecule has 1 aromatic carbocycles. The molecule has 0 radical (unpaired) electrons. The van der Waals surface area contributed by atoms with Gasteiger partial charge in [-0.25, -0.2) is 13.1 Å². The number of hydrogen-bond acceptors (Lipinski definition) is 4. The average Bonchev–Trinajstić information content (AvgIpc) is 3.05. The maximum atomic E-state index is 12.8. The van der Waals surface area contributed by atoms with E-state index in [1.807, 2.05) is 6.92 Å². The quantitative estimate of drug-likeness (QED) is 0.857. The van der Waals surface area contributed by atoms with Crippen LogP contribution in [0.25, 0.3) is 0 Å². The van der Waals surface area contributed by atoms with E-state index in [9.17, 15) is 13.2 Å². The summed E-state index contributed by atoms with van der Waals surface area (Å²) in [5.41, 5.74) is 0. The molecule has 9 heteroatoms. The molecular weight excluding hydrogens is 364 g/mol. The molecule has 1 aliphatic rings.